The minimum Gasteiger partial charge on any atom is -0.482 e. The maximum absolute atomic E-state index is 11.9. The van der Waals surface area contributed by atoms with E-state index >= 15 is 0 Å². The Morgan fingerprint density at radius 1 is 1.32 bits per heavy atom. The van der Waals surface area contributed by atoms with E-state index in [-0.39, 0.29) is 19.1 Å². The van der Waals surface area contributed by atoms with Crippen LogP contribution in [0.25, 0.3) is 0 Å². The third-order valence-corrected chi connectivity index (χ3v) is 2.78. The zero-order chi connectivity index (χ0) is 14.3. The van der Waals surface area contributed by atoms with Crippen LogP contribution in [0.2, 0.25) is 5.02 Å². The first-order valence-corrected chi connectivity index (χ1v) is 6.18. The van der Waals surface area contributed by atoms with Gasteiger partial charge in [0.25, 0.3) is 5.91 Å². The number of ether oxygens (including phenoxy) is 2. The summed E-state index contributed by atoms with van der Waals surface area (Å²) in [7, 11) is 1.28. The largest absolute Gasteiger partial charge is 0.482 e. The van der Waals surface area contributed by atoms with Crippen molar-refractivity contribution in [3.05, 3.63) is 29.3 Å². The maximum Gasteiger partial charge on any atom is 0.325 e. The molecule has 0 N–H and O–H groups in total. The van der Waals surface area contributed by atoms with Crippen molar-refractivity contribution in [1.29, 1.82) is 0 Å². The van der Waals surface area contributed by atoms with E-state index in [4.69, 9.17) is 16.3 Å². The monoisotopic (exact) mass is 285 g/mol. The topological polar surface area (TPSA) is 55.8 Å². The van der Waals surface area contributed by atoms with E-state index < -0.39 is 5.97 Å². The van der Waals surface area contributed by atoms with E-state index in [0.29, 0.717) is 17.3 Å². The average Bonchev–Trinajstić information content (AvgIpc) is 2.43. The van der Waals surface area contributed by atoms with Gasteiger partial charge in [0.05, 0.1) is 12.1 Å². The number of hydrogen-bond acceptors (Lipinski definition) is 4. The second kappa shape index (κ2) is 7.63. The summed E-state index contributed by atoms with van der Waals surface area (Å²) in [4.78, 5) is 24.3. The molecule has 0 saturated heterocycles. The molecule has 1 aromatic carbocycles. The summed E-state index contributed by atoms with van der Waals surface area (Å²) in [5, 5.41) is 0.436. The third-order valence-electron chi connectivity index (χ3n) is 2.47. The van der Waals surface area contributed by atoms with Crippen LogP contribution in [0.1, 0.15) is 6.92 Å². The lowest BCUT2D eigenvalue weighted by molar-refractivity contribution is -0.147. The molecule has 0 bridgehead atoms. The zero-order valence-corrected chi connectivity index (χ0v) is 11.6. The van der Waals surface area contributed by atoms with Crippen molar-refractivity contribution in [3.63, 3.8) is 0 Å². The lowest BCUT2D eigenvalue weighted by Crippen LogP contribution is -2.38. The van der Waals surface area contributed by atoms with Gasteiger partial charge in [-0.25, -0.2) is 0 Å². The van der Waals surface area contributed by atoms with Crippen LogP contribution in [0.5, 0.6) is 5.75 Å². The summed E-state index contributed by atoms with van der Waals surface area (Å²) in [6.07, 6.45) is 0. The van der Waals surface area contributed by atoms with E-state index in [1.54, 1.807) is 31.2 Å². The van der Waals surface area contributed by atoms with E-state index in [1.807, 2.05) is 0 Å². The molecule has 0 spiro atoms. The smallest absolute Gasteiger partial charge is 0.325 e. The van der Waals surface area contributed by atoms with Gasteiger partial charge in [0.15, 0.2) is 6.61 Å². The Balaban J connectivity index is 2.54. The van der Waals surface area contributed by atoms with E-state index in [2.05, 4.69) is 4.74 Å². The summed E-state index contributed by atoms with van der Waals surface area (Å²) in [5.41, 5.74) is 0. The van der Waals surface area contributed by atoms with Crippen molar-refractivity contribution in [1.82, 2.24) is 4.90 Å². The van der Waals surface area contributed by atoms with Crippen molar-refractivity contribution in [3.8, 4) is 5.75 Å². The molecule has 0 aliphatic rings. The van der Waals surface area contributed by atoms with Crippen LogP contribution in [-0.4, -0.2) is 43.6 Å². The number of nitrogens with zero attached hydrogens (tertiary/aromatic N) is 1. The minimum absolute atomic E-state index is 0.0856. The van der Waals surface area contributed by atoms with E-state index in [9.17, 15) is 9.59 Å². The molecule has 0 heterocycles. The highest BCUT2D eigenvalue weighted by molar-refractivity contribution is 6.32. The highest BCUT2D eigenvalue weighted by Crippen LogP contribution is 2.22. The minimum atomic E-state index is -0.465. The summed E-state index contributed by atoms with van der Waals surface area (Å²) < 4.78 is 9.84. The van der Waals surface area contributed by atoms with Crippen LogP contribution < -0.4 is 4.74 Å². The maximum atomic E-state index is 11.9. The van der Waals surface area contributed by atoms with Gasteiger partial charge in [-0.2, -0.15) is 0 Å². The average molecular weight is 286 g/mol. The Bertz CT molecular complexity index is 450. The molecule has 0 atom stereocenters. The molecule has 1 amide bonds. The Hall–Kier alpha value is -1.75. The quantitative estimate of drug-likeness (QED) is 0.747. The molecule has 0 aliphatic heterocycles. The Kier molecular flexibility index (Phi) is 6.15. The van der Waals surface area contributed by atoms with Crippen molar-refractivity contribution in [2.24, 2.45) is 0 Å². The van der Waals surface area contributed by atoms with Gasteiger partial charge in [-0.05, 0) is 19.1 Å². The highest BCUT2D eigenvalue weighted by atomic mass is 35.5. The molecule has 5 nitrogen and oxygen atoms in total. The molecule has 0 fully saturated rings. The molecule has 104 valence electrons. The number of likely N-dealkylation sites (N-methyl/N-ethyl adjacent to an activating group) is 1. The van der Waals surface area contributed by atoms with Crippen LogP contribution in [0, 0.1) is 0 Å². The molecule has 1 aromatic rings. The van der Waals surface area contributed by atoms with Gasteiger partial charge in [0.1, 0.15) is 12.3 Å². The molecule has 0 aliphatic carbocycles. The van der Waals surface area contributed by atoms with Gasteiger partial charge in [0.2, 0.25) is 0 Å². The Labute approximate surface area is 117 Å². The zero-order valence-electron chi connectivity index (χ0n) is 10.9. The fourth-order valence-electron chi connectivity index (χ4n) is 1.39. The molecule has 1 rings (SSSR count). The number of benzene rings is 1. The lowest BCUT2D eigenvalue weighted by Gasteiger charge is -2.19. The molecule has 0 saturated carbocycles. The van der Waals surface area contributed by atoms with Crippen molar-refractivity contribution < 1.29 is 19.1 Å². The van der Waals surface area contributed by atoms with Gasteiger partial charge in [-0.15, -0.1) is 0 Å². The number of amides is 1. The fraction of sp³-hybridized carbons (Fsp3) is 0.385. The van der Waals surface area contributed by atoms with Gasteiger partial charge >= 0.3 is 5.97 Å². The van der Waals surface area contributed by atoms with Crippen molar-refractivity contribution in [2.75, 3.05) is 26.8 Å². The number of carbonyl (C=O) groups excluding carboxylic acids is 2. The molecule has 6 heteroatoms. The normalized spacial score (nSPS) is 9.84. The van der Waals surface area contributed by atoms with E-state index in [0.717, 1.165) is 0 Å². The number of hydrogen-bond donors (Lipinski definition) is 0. The molecule has 0 radical (unpaired) electrons. The van der Waals surface area contributed by atoms with Crippen LogP contribution in [-0.2, 0) is 14.3 Å². The number of halogens is 1. The first kappa shape index (κ1) is 15.3. The van der Waals surface area contributed by atoms with Crippen LogP contribution in [0.15, 0.2) is 24.3 Å². The predicted octanol–water partition coefficient (Wildman–Crippen LogP) is 1.74. The number of para-hydroxylation sites is 1. The summed E-state index contributed by atoms with van der Waals surface area (Å²) in [6, 6.07) is 6.88. The van der Waals surface area contributed by atoms with Gasteiger partial charge in [-0.3, -0.25) is 9.59 Å². The van der Waals surface area contributed by atoms with Gasteiger partial charge < -0.3 is 14.4 Å². The number of methoxy groups -OCH3 is 1. The Morgan fingerprint density at radius 2 is 2.00 bits per heavy atom. The van der Waals surface area contributed by atoms with Crippen LogP contribution in [0.4, 0.5) is 0 Å². The van der Waals surface area contributed by atoms with E-state index in [1.165, 1.54) is 12.0 Å². The standard InChI is InChI=1S/C13H16ClNO4/c1-3-15(8-13(17)18-2)12(16)9-19-11-7-5-4-6-10(11)14/h4-7H,3,8-9H2,1-2H3. The highest BCUT2D eigenvalue weighted by Gasteiger charge is 2.16. The molecular formula is C13H16ClNO4. The molecule has 0 unspecified atom stereocenters. The van der Waals surface area contributed by atoms with Crippen LogP contribution in [0.3, 0.4) is 0 Å². The van der Waals surface area contributed by atoms with Crippen molar-refractivity contribution >= 4 is 23.5 Å². The Morgan fingerprint density at radius 3 is 2.58 bits per heavy atom. The van der Waals surface area contributed by atoms with Crippen molar-refractivity contribution in [2.45, 2.75) is 6.92 Å². The first-order chi connectivity index (χ1) is 9.08. The second-order valence-corrected chi connectivity index (χ2v) is 4.11. The molecule has 0 aromatic heterocycles. The number of esters is 1. The van der Waals surface area contributed by atoms with Gasteiger partial charge in [-0.1, -0.05) is 23.7 Å². The number of rotatable bonds is 6. The predicted molar refractivity (Wildman–Crippen MR) is 71.2 cm³/mol. The summed E-state index contributed by atoms with van der Waals surface area (Å²) >= 11 is 5.90. The molecular weight excluding hydrogens is 270 g/mol. The summed E-state index contributed by atoms with van der Waals surface area (Å²) in [5.74, 6) is -0.326. The third kappa shape index (κ3) is 4.79. The number of carbonyl (C=O) groups is 2. The lowest BCUT2D eigenvalue weighted by atomic mass is 10.3. The first-order valence-electron chi connectivity index (χ1n) is 5.80. The van der Waals surface area contributed by atoms with Crippen LogP contribution >= 0.6 is 11.6 Å². The molecule has 19 heavy (non-hydrogen) atoms. The fourth-order valence-corrected chi connectivity index (χ4v) is 1.58. The summed E-state index contributed by atoms with van der Waals surface area (Å²) in [6.45, 7) is 1.92. The SMILES string of the molecule is CCN(CC(=O)OC)C(=O)COc1ccccc1Cl. The van der Waals surface area contributed by atoms with Gasteiger partial charge in [0, 0.05) is 6.54 Å². The second-order valence-electron chi connectivity index (χ2n) is 3.70.